The van der Waals surface area contributed by atoms with E-state index in [-0.39, 0.29) is 12.0 Å². The second kappa shape index (κ2) is 4.68. The lowest BCUT2D eigenvalue weighted by Gasteiger charge is -2.30. The lowest BCUT2D eigenvalue weighted by atomic mass is 10.0. The molecule has 96 valence electrons. The SMILES string of the molecule is CC(C)C1C(N)=Nc2ccccc2CN1C(=O)O. The van der Waals surface area contributed by atoms with Gasteiger partial charge in [0.05, 0.1) is 18.3 Å². The Hall–Kier alpha value is -2.04. The summed E-state index contributed by atoms with van der Waals surface area (Å²) in [6.07, 6.45) is -0.969. The van der Waals surface area contributed by atoms with E-state index in [4.69, 9.17) is 5.73 Å². The Morgan fingerprint density at radius 1 is 1.50 bits per heavy atom. The van der Waals surface area contributed by atoms with E-state index in [0.717, 1.165) is 11.3 Å². The molecule has 1 aliphatic heterocycles. The van der Waals surface area contributed by atoms with Gasteiger partial charge in [0.25, 0.3) is 0 Å². The molecule has 0 spiro atoms. The molecule has 0 radical (unpaired) electrons. The lowest BCUT2D eigenvalue weighted by molar-refractivity contribution is 0.124. The zero-order valence-electron chi connectivity index (χ0n) is 10.5. The summed E-state index contributed by atoms with van der Waals surface area (Å²) in [6, 6.07) is 7.10. The number of para-hydroxylation sites is 1. The van der Waals surface area contributed by atoms with Crippen molar-refractivity contribution < 1.29 is 9.90 Å². The lowest BCUT2D eigenvalue weighted by Crippen LogP contribution is -2.49. The van der Waals surface area contributed by atoms with Crippen molar-refractivity contribution in [2.24, 2.45) is 16.6 Å². The second-order valence-corrected chi connectivity index (χ2v) is 4.76. The average molecular weight is 247 g/mol. The molecule has 3 N–H and O–H groups in total. The van der Waals surface area contributed by atoms with E-state index < -0.39 is 6.09 Å². The highest BCUT2D eigenvalue weighted by molar-refractivity contribution is 5.91. The number of amides is 1. The quantitative estimate of drug-likeness (QED) is 0.798. The van der Waals surface area contributed by atoms with Crippen LogP contribution in [-0.2, 0) is 6.54 Å². The Labute approximate surface area is 106 Å². The Morgan fingerprint density at radius 3 is 2.78 bits per heavy atom. The van der Waals surface area contributed by atoms with Gasteiger partial charge in [0.1, 0.15) is 5.84 Å². The Balaban J connectivity index is 2.50. The topological polar surface area (TPSA) is 78.9 Å². The molecule has 0 saturated heterocycles. The van der Waals surface area contributed by atoms with E-state index in [1.165, 1.54) is 4.90 Å². The first-order valence-corrected chi connectivity index (χ1v) is 5.92. The standard InChI is InChI=1S/C13H17N3O2/c1-8(2)11-12(14)15-10-6-4-3-5-9(10)7-16(11)13(17)18/h3-6,8,11H,7H2,1-2H3,(H2,14,15)(H,17,18). The minimum atomic E-state index is -0.969. The fourth-order valence-electron chi connectivity index (χ4n) is 2.29. The Bertz CT molecular complexity index is 497. The van der Waals surface area contributed by atoms with E-state index in [2.05, 4.69) is 4.99 Å². The number of benzene rings is 1. The number of amidine groups is 1. The number of aliphatic imine (C=N–C) groups is 1. The van der Waals surface area contributed by atoms with Crippen LogP contribution >= 0.6 is 0 Å². The van der Waals surface area contributed by atoms with E-state index in [9.17, 15) is 9.90 Å². The van der Waals surface area contributed by atoms with Gasteiger partial charge >= 0.3 is 6.09 Å². The zero-order chi connectivity index (χ0) is 13.3. The number of hydrogen-bond acceptors (Lipinski definition) is 3. The van der Waals surface area contributed by atoms with Gasteiger partial charge < -0.3 is 10.8 Å². The maximum atomic E-state index is 11.4. The number of nitrogens with two attached hydrogens (primary N) is 1. The highest BCUT2D eigenvalue weighted by Crippen LogP contribution is 2.27. The van der Waals surface area contributed by atoms with Crippen molar-refractivity contribution in [3.8, 4) is 0 Å². The fraction of sp³-hybridized carbons (Fsp3) is 0.385. The molecule has 0 aliphatic carbocycles. The van der Waals surface area contributed by atoms with Gasteiger partial charge in [-0.15, -0.1) is 0 Å². The van der Waals surface area contributed by atoms with Gasteiger partial charge in [0, 0.05) is 0 Å². The zero-order valence-corrected chi connectivity index (χ0v) is 10.5. The monoisotopic (exact) mass is 247 g/mol. The molecule has 0 saturated carbocycles. The number of hydrogen-bond donors (Lipinski definition) is 2. The first-order valence-electron chi connectivity index (χ1n) is 5.92. The predicted molar refractivity (Wildman–Crippen MR) is 69.9 cm³/mol. The maximum absolute atomic E-state index is 11.4. The molecular weight excluding hydrogens is 230 g/mol. The molecule has 5 heteroatoms. The molecule has 0 fully saturated rings. The van der Waals surface area contributed by atoms with Crippen LogP contribution in [0.5, 0.6) is 0 Å². The van der Waals surface area contributed by atoms with Gasteiger partial charge in [-0.25, -0.2) is 9.79 Å². The first-order chi connectivity index (χ1) is 8.50. The number of fused-ring (bicyclic) bond motifs is 1. The molecule has 5 nitrogen and oxygen atoms in total. The van der Waals surface area contributed by atoms with Crippen LogP contribution in [0.25, 0.3) is 0 Å². The molecule has 1 aromatic rings. The maximum Gasteiger partial charge on any atom is 0.408 e. The minimum absolute atomic E-state index is 0.0826. The molecule has 1 atom stereocenters. The van der Waals surface area contributed by atoms with Crippen molar-refractivity contribution in [3.05, 3.63) is 29.8 Å². The highest BCUT2D eigenvalue weighted by atomic mass is 16.4. The highest BCUT2D eigenvalue weighted by Gasteiger charge is 2.32. The molecule has 1 heterocycles. The van der Waals surface area contributed by atoms with Crippen molar-refractivity contribution in [1.29, 1.82) is 0 Å². The van der Waals surface area contributed by atoms with Crippen LogP contribution in [-0.4, -0.2) is 28.0 Å². The van der Waals surface area contributed by atoms with E-state index in [1.807, 2.05) is 38.1 Å². The smallest absolute Gasteiger partial charge is 0.408 e. The first kappa shape index (κ1) is 12.4. The third kappa shape index (κ3) is 2.16. The van der Waals surface area contributed by atoms with Crippen LogP contribution in [0.4, 0.5) is 10.5 Å². The molecule has 2 rings (SSSR count). The summed E-state index contributed by atoms with van der Waals surface area (Å²) >= 11 is 0. The fourth-order valence-corrected chi connectivity index (χ4v) is 2.29. The normalized spacial score (nSPS) is 19.2. The summed E-state index contributed by atoms with van der Waals surface area (Å²) in [5.74, 6) is 0.441. The minimum Gasteiger partial charge on any atom is -0.465 e. The van der Waals surface area contributed by atoms with E-state index in [0.29, 0.717) is 12.4 Å². The summed E-state index contributed by atoms with van der Waals surface area (Å²) < 4.78 is 0. The molecule has 1 aromatic carbocycles. The van der Waals surface area contributed by atoms with E-state index in [1.54, 1.807) is 0 Å². The van der Waals surface area contributed by atoms with Crippen LogP contribution in [0.3, 0.4) is 0 Å². The van der Waals surface area contributed by atoms with Crippen LogP contribution in [0.2, 0.25) is 0 Å². The van der Waals surface area contributed by atoms with Crippen LogP contribution in [0.1, 0.15) is 19.4 Å². The molecule has 0 aromatic heterocycles. The summed E-state index contributed by atoms with van der Waals surface area (Å²) in [6.45, 7) is 4.20. The van der Waals surface area contributed by atoms with Gasteiger partial charge in [-0.05, 0) is 17.5 Å². The van der Waals surface area contributed by atoms with Crippen molar-refractivity contribution >= 4 is 17.6 Å². The molecule has 18 heavy (non-hydrogen) atoms. The van der Waals surface area contributed by atoms with Crippen LogP contribution in [0.15, 0.2) is 29.3 Å². The Kier molecular flexibility index (Phi) is 3.23. The summed E-state index contributed by atoms with van der Waals surface area (Å²) in [4.78, 5) is 17.1. The van der Waals surface area contributed by atoms with Crippen LogP contribution in [0, 0.1) is 5.92 Å². The number of rotatable bonds is 1. The average Bonchev–Trinajstić information content (AvgIpc) is 2.44. The number of carboxylic acid groups (broad SMARTS) is 1. The second-order valence-electron chi connectivity index (χ2n) is 4.76. The van der Waals surface area contributed by atoms with Crippen LogP contribution < -0.4 is 5.73 Å². The Morgan fingerprint density at radius 2 is 2.17 bits per heavy atom. The molecular formula is C13H17N3O2. The van der Waals surface area contributed by atoms with Gasteiger partial charge in [-0.1, -0.05) is 32.0 Å². The molecule has 1 unspecified atom stereocenters. The van der Waals surface area contributed by atoms with Gasteiger partial charge in [0.15, 0.2) is 0 Å². The van der Waals surface area contributed by atoms with Gasteiger partial charge in [0.2, 0.25) is 0 Å². The van der Waals surface area contributed by atoms with Crippen molar-refractivity contribution in [1.82, 2.24) is 4.90 Å². The van der Waals surface area contributed by atoms with Crippen molar-refractivity contribution in [2.45, 2.75) is 26.4 Å². The molecule has 0 bridgehead atoms. The van der Waals surface area contributed by atoms with Crippen molar-refractivity contribution in [2.75, 3.05) is 0 Å². The summed E-state index contributed by atoms with van der Waals surface area (Å²) in [7, 11) is 0. The number of nitrogens with zero attached hydrogens (tertiary/aromatic N) is 2. The van der Waals surface area contributed by atoms with Gasteiger partial charge in [-0.2, -0.15) is 0 Å². The third-order valence-electron chi connectivity index (χ3n) is 3.10. The predicted octanol–water partition coefficient (Wildman–Crippen LogP) is 2.19. The van der Waals surface area contributed by atoms with E-state index >= 15 is 0 Å². The molecule has 1 amide bonds. The molecule has 1 aliphatic rings. The van der Waals surface area contributed by atoms with Gasteiger partial charge in [-0.3, -0.25) is 4.90 Å². The van der Waals surface area contributed by atoms with Crippen molar-refractivity contribution in [3.63, 3.8) is 0 Å². The largest absolute Gasteiger partial charge is 0.465 e. The number of carbonyl (C=O) groups is 1. The summed E-state index contributed by atoms with van der Waals surface area (Å²) in [5.41, 5.74) is 7.60. The summed E-state index contributed by atoms with van der Waals surface area (Å²) in [5, 5.41) is 9.34. The third-order valence-corrected chi connectivity index (χ3v) is 3.10.